The Morgan fingerprint density at radius 1 is 1.00 bits per heavy atom. The molecule has 0 heterocycles. The van der Waals surface area contributed by atoms with Crippen molar-refractivity contribution in [3.8, 4) is 0 Å². The summed E-state index contributed by atoms with van der Waals surface area (Å²) >= 11 is 0. The molecule has 0 aromatic rings. The van der Waals surface area contributed by atoms with Gasteiger partial charge in [-0.1, -0.05) is 27.2 Å². The molecule has 0 aromatic heterocycles. The molecular formula is C10H22O. The monoisotopic (exact) mass is 158 g/mol. The topological polar surface area (TPSA) is 20.2 Å². The van der Waals surface area contributed by atoms with Gasteiger partial charge >= 0.3 is 0 Å². The van der Waals surface area contributed by atoms with Gasteiger partial charge in [-0.05, 0) is 31.6 Å². The SMILES string of the molecule is CCC(C)C(C)CCC(C)O. The number of hydrogen-bond acceptors (Lipinski definition) is 1. The van der Waals surface area contributed by atoms with Crippen LogP contribution in [-0.4, -0.2) is 11.2 Å². The van der Waals surface area contributed by atoms with Gasteiger partial charge in [-0.15, -0.1) is 0 Å². The Bertz CT molecular complexity index is 88.9. The number of rotatable bonds is 5. The lowest BCUT2D eigenvalue weighted by atomic mass is 9.89. The van der Waals surface area contributed by atoms with Gasteiger partial charge < -0.3 is 5.11 Å². The molecule has 0 aliphatic carbocycles. The molecule has 0 bridgehead atoms. The second-order valence-electron chi connectivity index (χ2n) is 3.79. The fourth-order valence-corrected chi connectivity index (χ4v) is 1.19. The van der Waals surface area contributed by atoms with E-state index < -0.39 is 0 Å². The highest BCUT2D eigenvalue weighted by atomic mass is 16.3. The average molecular weight is 158 g/mol. The van der Waals surface area contributed by atoms with Gasteiger partial charge in [0.1, 0.15) is 0 Å². The minimum Gasteiger partial charge on any atom is -0.393 e. The summed E-state index contributed by atoms with van der Waals surface area (Å²) in [5.74, 6) is 1.56. The summed E-state index contributed by atoms with van der Waals surface area (Å²) in [7, 11) is 0. The summed E-state index contributed by atoms with van der Waals surface area (Å²) in [4.78, 5) is 0. The first kappa shape index (κ1) is 11.0. The van der Waals surface area contributed by atoms with Gasteiger partial charge in [-0.25, -0.2) is 0 Å². The van der Waals surface area contributed by atoms with Crippen LogP contribution in [0.5, 0.6) is 0 Å². The van der Waals surface area contributed by atoms with Crippen LogP contribution in [0.3, 0.4) is 0 Å². The fraction of sp³-hybridized carbons (Fsp3) is 1.00. The molecule has 0 spiro atoms. The second-order valence-corrected chi connectivity index (χ2v) is 3.79. The summed E-state index contributed by atoms with van der Waals surface area (Å²) in [5, 5.41) is 9.06. The summed E-state index contributed by atoms with van der Waals surface area (Å²) in [6.45, 7) is 8.65. The van der Waals surface area contributed by atoms with Crippen LogP contribution in [0.4, 0.5) is 0 Å². The molecule has 0 saturated heterocycles. The van der Waals surface area contributed by atoms with Crippen LogP contribution in [0.2, 0.25) is 0 Å². The molecule has 0 aliphatic rings. The third-order valence-electron chi connectivity index (χ3n) is 2.66. The zero-order valence-electron chi connectivity index (χ0n) is 8.30. The zero-order valence-corrected chi connectivity index (χ0v) is 8.30. The number of aliphatic hydroxyl groups excluding tert-OH is 1. The van der Waals surface area contributed by atoms with Crippen molar-refractivity contribution < 1.29 is 5.11 Å². The van der Waals surface area contributed by atoms with Crippen LogP contribution < -0.4 is 0 Å². The second kappa shape index (κ2) is 5.59. The van der Waals surface area contributed by atoms with Crippen LogP contribution in [-0.2, 0) is 0 Å². The summed E-state index contributed by atoms with van der Waals surface area (Å²) in [6.07, 6.45) is 3.24. The predicted molar refractivity (Wildman–Crippen MR) is 49.5 cm³/mol. The Morgan fingerprint density at radius 2 is 1.55 bits per heavy atom. The lowest BCUT2D eigenvalue weighted by Gasteiger charge is -2.18. The molecule has 1 heteroatoms. The molecule has 0 aromatic carbocycles. The van der Waals surface area contributed by atoms with Gasteiger partial charge in [0.15, 0.2) is 0 Å². The molecular weight excluding hydrogens is 136 g/mol. The maximum atomic E-state index is 9.06. The molecule has 0 radical (unpaired) electrons. The Kier molecular flexibility index (Phi) is 5.57. The minimum atomic E-state index is -0.124. The Labute approximate surface area is 70.8 Å². The zero-order chi connectivity index (χ0) is 8.85. The first-order chi connectivity index (χ1) is 5.07. The molecule has 3 unspecified atom stereocenters. The van der Waals surface area contributed by atoms with Gasteiger partial charge in [0.2, 0.25) is 0 Å². The summed E-state index contributed by atoms with van der Waals surface area (Å²) < 4.78 is 0. The van der Waals surface area contributed by atoms with Crippen LogP contribution >= 0.6 is 0 Å². The van der Waals surface area contributed by atoms with Crippen molar-refractivity contribution in [3.63, 3.8) is 0 Å². The van der Waals surface area contributed by atoms with Gasteiger partial charge in [0.25, 0.3) is 0 Å². The van der Waals surface area contributed by atoms with Gasteiger partial charge in [-0.3, -0.25) is 0 Å². The highest BCUT2D eigenvalue weighted by Crippen LogP contribution is 2.20. The van der Waals surface area contributed by atoms with Crippen molar-refractivity contribution in [1.29, 1.82) is 0 Å². The van der Waals surface area contributed by atoms with Crippen molar-refractivity contribution >= 4 is 0 Å². The smallest absolute Gasteiger partial charge is 0.0512 e. The van der Waals surface area contributed by atoms with Crippen LogP contribution in [0.25, 0.3) is 0 Å². The molecule has 0 saturated carbocycles. The Hall–Kier alpha value is -0.0400. The van der Waals surface area contributed by atoms with Crippen LogP contribution in [0.15, 0.2) is 0 Å². The predicted octanol–water partition coefficient (Wildman–Crippen LogP) is 2.83. The molecule has 1 N–H and O–H groups in total. The van der Waals surface area contributed by atoms with E-state index in [-0.39, 0.29) is 6.10 Å². The van der Waals surface area contributed by atoms with E-state index in [0.29, 0.717) is 0 Å². The first-order valence-electron chi connectivity index (χ1n) is 4.76. The maximum Gasteiger partial charge on any atom is 0.0512 e. The molecule has 0 amide bonds. The van der Waals surface area contributed by atoms with E-state index in [1.807, 2.05) is 6.92 Å². The first-order valence-corrected chi connectivity index (χ1v) is 4.76. The third kappa shape index (κ3) is 5.25. The maximum absolute atomic E-state index is 9.06. The standard InChI is InChI=1S/C10H22O/c1-5-8(2)9(3)6-7-10(4)11/h8-11H,5-7H2,1-4H3. The fourth-order valence-electron chi connectivity index (χ4n) is 1.19. The van der Waals surface area contributed by atoms with E-state index in [2.05, 4.69) is 20.8 Å². The van der Waals surface area contributed by atoms with Gasteiger partial charge in [-0.2, -0.15) is 0 Å². The van der Waals surface area contributed by atoms with E-state index in [0.717, 1.165) is 24.7 Å². The van der Waals surface area contributed by atoms with Crippen LogP contribution in [0.1, 0.15) is 47.0 Å². The molecule has 68 valence electrons. The lowest BCUT2D eigenvalue weighted by Crippen LogP contribution is -2.10. The minimum absolute atomic E-state index is 0.124. The number of hydrogen-bond donors (Lipinski definition) is 1. The van der Waals surface area contributed by atoms with E-state index in [1.54, 1.807) is 0 Å². The Balaban J connectivity index is 3.43. The van der Waals surface area contributed by atoms with E-state index in [4.69, 9.17) is 5.11 Å². The van der Waals surface area contributed by atoms with Gasteiger partial charge in [0, 0.05) is 0 Å². The molecule has 0 rings (SSSR count). The highest BCUT2D eigenvalue weighted by molar-refractivity contribution is 4.61. The average Bonchev–Trinajstić information content (AvgIpc) is 1.98. The van der Waals surface area contributed by atoms with Crippen molar-refractivity contribution in [2.24, 2.45) is 11.8 Å². The van der Waals surface area contributed by atoms with E-state index in [1.165, 1.54) is 6.42 Å². The summed E-state index contributed by atoms with van der Waals surface area (Å²) in [5.41, 5.74) is 0. The Morgan fingerprint density at radius 3 is 1.91 bits per heavy atom. The summed E-state index contributed by atoms with van der Waals surface area (Å²) in [6, 6.07) is 0. The third-order valence-corrected chi connectivity index (χ3v) is 2.66. The molecule has 0 fully saturated rings. The van der Waals surface area contributed by atoms with Gasteiger partial charge in [0.05, 0.1) is 6.10 Å². The molecule has 11 heavy (non-hydrogen) atoms. The van der Waals surface area contributed by atoms with Crippen molar-refractivity contribution in [1.82, 2.24) is 0 Å². The normalized spacial score (nSPS) is 19.4. The van der Waals surface area contributed by atoms with Crippen molar-refractivity contribution in [3.05, 3.63) is 0 Å². The van der Waals surface area contributed by atoms with Crippen LogP contribution in [0, 0.1) is 11.8 Å². The quantitative estimate of drug-likeness (QED) is 0.652. The molecule has 1 nitrogen and oxygen atoms in total. The van der Waals surface area contributed by atoms with E-state index >= 15 is 0 Å². The molecule has 0 aliphatic heterocycles. The number of aliphatic hydroxyl groups is 1. The largest absolute Gasteiger partial charge is 0.393 e. The van der Waals surface area contributed by atoms with Crippen molar-refractivity contribution in [2.75, 3.05) is 0 Å². The molecule has 3 atom stereocenters. The van der Waals surface area contributed by atoms with Crippen molar-refractivity contribution in [2.45, 2.75) is 53.1 Å². The lowest BCUT2D eigenvalue weighted by molar-refractivity contribution is 0.167. The highest BCUT2D eigenvalue weighted by Gasteiger charge is 2.10. The van der Waals surface area contributed by atoms with E-state index in [9.17, 15) is 0 Å².